The Morgan fingerprint density at radius 2 is 1.77 bits per heavy atom. The Balaban J connectivity index is 1.27. The molecule has 8 nitrogen and oxygen atoms in total. The van der Waals surface area contributed by atoms with E-state index in [9.17, 15) is 14.4 Å². The van der Waals surface area contributed by atoms with Crippen molar-refractivity contribution in [3.63, 3.8) is 0 Å². The maximum atomic E-state index is 12.8. The van der Waals surface area contributed by atoms with Crippen LogP contribution in [0, 0.1) is 0 Å². The third-order valence-electron chi connectivity index (χ3n) is 6.11. The van der Waals surface area contributed by atoms with E-state index in [0.29, 0.717) is 29.2 Å². The van der Waals surface area contributed by atoms with Crippen LogP contribution in [0.2, 0.25) is 5.02 Å². The maximum Gasteiger partial charge on any atom is 0.261 e. The average Bonchev–Trinajstić information content (AvgIpc) is 3.10. The molecule has 1 aliphatic heterocycles. The third-order valence-corrected chi connectivity index (χ3v) is 6.35. The summed E-state index contributed by atoms with van der Waals surface area (Å²) in [7, 11) is 0. The van der Waals surface area contributed by atoms with Crippen molar-refractivity contribution in [2.75, 3.05) is 42.9 Å². The zero-order chi connectivity index (χ0) is 24.9. The molecule has 182 valence electrons. The van der Waals surface area contributed by atoms with Crippen LogP contribution in [-0.2, 0) is 4.79 Å². The second-order valence-corrected chi connectivity index (χ2v) is 8.65. The molecule has 35 heavy (non-hydrogen) atoms. The van der Waals surface area contributed by atoms with Gasteiger partial charge >= 0.3 is 0 Å². The van der Waals surface area contributed by atoms with E-state index in [-0.39, 0.29) is 30.7 Å². The summed E-state index contributed by atoms with van der Waals surface area (Å²) >= 11 is 6.03. The Morgan fingerprint density at radius 3 is 2.54 bits per heavy atom. The van der Waals surface area contributed by atoms with Gasteiger partial charge in [-0.25, -0.2) is 0 Å². The van der Waals surface area contributed by atoms with Gasteiger partial charge in [-0.1, -0.05) is 11.6 Å². The number of nitrogens with zero attached hydrogens (tertiary/aromatic N) is 3. The van der Waals surface area contributed by atoms with Crippen molar-refractivity contribution in [1.29, 1.82) is 0 Å². The van der Waals surface area contributed by atoms with Gasteiger partial charge in [-0.15, -0.1) is 0 Å². The minimum Gasteiger partial charge on any atom is -0.383 e. The number of anilines is 2. The zero-order valence-electron chi connectivity index (χ0n) is 19.8. The molecule has 9 heteroatoms. The summed E-state index contributed by atoms with van der Waals surface area (Å²) in [5.74, 6) is -0.924. The predicted molar refractivity (Wildman–Crippen MR) is 138 cm³/mol. The molecular weight excluding hydrogens is 466 g/mol. The molecule has 0 fully saturated rings. The fourth-order valence-corrected chi connectivity index (χ4v) is 4.41. The zero-order valence-corrected chi connectivity index (χ0v) is 20.6. The summed E-state index contributed by atoms with van der Waals surface area (Å²) in [6, 6.07) is 12.7. The standard InChI is InChI=1S/C26H28ClN5O3/c1-3-31(4-2)18-6-8-19-21(16-18)26(35)32(25(19)34)14-10-24(33)30-13-12-29-22-9-11-28-23-15-17(27)5-7-20(22)23/h5-9,11,15-16H,3-4,10,12-14H2,1-2H3,(H,28,29)(H,30,33). The van der Waals surface area contributed by atoms with Crippen LogP contribution in [0.25, 0.3) is 10.9 Å². The highest BCUT2D eigenvalue weighted by Gasteiger charge is 2.35. The van der Waals surface area contributed by atoms with E-state index in [1.165, 1.54) is 0 Å². The number of halogens is 1. The van der Waals surface area contributed by atoms with Crippen LogP contribution in [0.3, 0.4) is 0 Å². The number of imide groups is 1. The number of amides is 3. The Morgan fingerprint density at radius 1 is 1.00 bits per heavy atom. The smallest absolute Gasteiger partial charge is 0.261 e. The predicted octanol–water partition coefficient (Wildman–Crippen LogP) is 3.95. The first-order valence-electron chi connectivity index (χ1n) is 11.7. The summed E-state index contributed by atoms with van der Waals surface area (Å²) in [6.07, 6.45) is 1.75. The number of hydrogen-bond donors (Lipinski definition) is 2. The van der Waals surface area contributed by atoms with E-state index < -0.39 is 0 Å². The molecule has 0 bridgehead atoms. The molecule has 0 unspecified atom stereocenters. The van der Waals surface area contributed by atoms with Crippen molar-refractivity contribution >= 4 is 51.6 Å². The highest BCUT2D eigenvalue weighted by Crippen LogP contribution is 2.28. The van der Waals surface area contributed by atoms with E-state index in [2.05, 4.69) is 20.5 Å². The second-order valence-electron chi connectivity index (χ2n) is 8.21. The van der Waals surface area contributed by atoms with Crippen LogP contribution in [0.15, 0.2) is 48.7 Å². The SMILES string of the molecule is CCN(CC)c1ccc2c(c1)C(=O)N(CCC(=O)NCCNc1ccnc3cc(Cl)ccc13)C2=O. The lowest BCUT2D eigenvalue weighted by Crippen LogP contribution is -2.35. The van der Waals surface area contributed by atoms with E-state index in [4.69, 9.17) is 11.6 Å². The number of fused-ring (bicyclic) bond motifs is 2. The van der Waals surface area contributed by atoms with Gasteiger partial charge in [0.2, 0.25) is 5.91 Å². The maximum absolute atomic E-state index is 12.8. The summed E-state index contributed by atoms with van der Waals surface area (Å²) in [5, 5.41) is 7.68. The van der Waals surface area contributed by atoms with Crippen molar-refractivity contribution in [1.82, 2.24) is 15.2 Å². The topological polar surface area (TPSA) is 94.6 Å². The van der Waals surface area contributed by atoms with Crippen molar-refractivity contribution in [3.05, 3.63) is 64.8 Å². The minimum atomic E-state index is -0.352. The number of aromatic nitrogens is 1. The first-order valence-corrected chi connectivity index (χ1v) is 12.1. The molecule has 1 aromatic heterocycles. The number of carbonyl (C=O) groups excluding carboxylic acids is 3. The van der Waals surface area contributed by atoms with Gasteiger partial charge in [0, 0.05) is 67.1 Å². The number of hydrogen-bond acceptors (Lipinski definition) is 6. The van der Waals surface area contributed by atoms with Crippen LogP contribution >= 0.6 is 11.6 Å². The third kappa shape index (κ3) is 5.22. The summed E-state index contributed by atoms with van der Waals surface area (Å²) in [4.78, 5) is 45.5. The van der Waals surface area contributed by atoms with Gasteiger partial charge in [-0.3, -0.25) is 24.3 Å². The van der Waals surface area contributed by atoms with E-state index >= 15 is 0 Å². The van der Waals surface area contributed by atoms with Gasteiger partial charge in [0.05, 0.1) is 16.6 Å². The largest absolute Gasteiger partial charge is 0.383 e. The molecule has 2 aromatic carbocycles. The van der Waals surface area contributed by atoms with Gasteiger partial charge in [-0.05, 0) is 56.3 Å². The molecule has 3 aromatic rings. The van der Waals surface area contributed by atoms with E-state index in [0.717, 1.165) is 40.3 Å². The molecule has 0 saturated carbocycles. The molecule has 0 saturated heterocycles. The molecule has 0 aliphatic carbocycles. The van der Waals surface area contributed by atoms with E-state index in [1.54, 1.807) is 24.4 Å². The number of rotatable bonds is 10. The normalized spacial score (nSPS) is 12.7. The molecule has 2 heterocycles. The minimum absolute atomic E-state index is 0.0436. The lowest BCUT2D eigenvalue weighted by atomic mass is 10.1. The first-order chi connectivity index (χ1) is 16.9. The van der Waals surface area contributed by atoms with Crippen LogP contribution in [-0.4, -0.2) is 60.3 Å². The summed E-state index contributed by atoms with van der Waals surface area (Å²) in [5.41, 5.74) is 3.39. The second kappa shape index (κ2) is 10.7. The molecule has 2 N–H and O–H groups in total. The summed E-state index contributed by atoms with van der Waals surface area (Å²) in [6.45, 7) is 6.64. The number of pyridine rings is 1. The fourth-order valence-electron chi connectivity index (χ4n) is 4.24. The van der Waals surface area contributed by atoms with Gasteiger partial charge in [0.1, 0.15) is 0 Å². The Kier molecular flexibility index (Phi) is 7.51. The van der Waals surface area contributed by atoms with Crippen molar-refractivity contribution in [2.24, 2.45) is 0 Å². The van der Waals surface area contributed by atoms with Crippen LogP contribution in [0.5, 0.6) is 0 Å². The Hall–Kier alpha value is -3.65. The molecule has 0 spiro atoms. The lowest BCUT2D eigenvalue weighted by molar-refractivity contribution is -0.121. The summed E-state index contributed by atoms with van der Waals surface area (Å²) < 4.78 is 0. The Bertz CT molecular complexity index is 1280. The van der Waals surface area contributed by atoms with Crippen LogP contribution in [0.4, 0.5) is 11.4 Å². The van der Waals surface area contributed by atoms with Crippen molar-refractivity contribution < 1.29 is 14.4 Å². The number of benzene rings is 2. The number of carbonyl (C=O) groups is 3. The van der Waals surface area contributed by atoms with Crippen LogP contribution in [0.1, 0.15) is 41.0 Å². The Labute approximate surface area is 209 Å². The van der Waals surface area contributed by atoms with Gasteiger partial charge < -0.3 is 15.5 Å². The van der Waals surface area contributed by atoms with Gasteiger partial charge in [0.25, 0.3) is 11.8 Å². The monoisotopic (exact) mass is 493 g/mol. The first kappa shape index (κ1) is 24.5. The van der Waals surface area contributed by atoms with Crippen molar-refractivity contribution in [2.45, 2.75) is 20.3 Å². The quantitative estimate of drug-likeness (QED) is 0.328. The molecule has 0 radical (unpaired) electrons. The van der Waals surface area contributed by atoms with E-state index in [1.807, 2.05) is 38.1 Å². The number of nitrogens with one attached hydrogen (secondary N) is 2. The highest BCUT2D eigenvalue weighted by atomic mass is 35.5. The lowest BCUT2D eigenvalue weighted by Gasteiger charge is -2.21. The average molecular weight is 494 g/mol. The molecule has 3 amide bonds. The molecule has 0 atom stereocenters. The molecule has 4 rings (SSSR count). The molecule has 1 aliphatic rings. The molecular formula is C26H28ClN5O3. The van der Waals surface area contributed by atoms with Gasteiger partial charge in [0.15, 0.2) is 0 Å². The van der Waals surface area contributed by atoms with Crippen LogP contribution < -0.4 is 15.5 Å². The highest BCUT2D eigenvalue weighted by molar-refractivity contribution is 6.31. The fraction of sp³-hybridized carbons (Fsp3) is 0.308. The van der Waals surface area contributed by atoms with Gasteiger partial charge in [-0.2, -0.15) is 0 Å². The van der Waals surface area contributed by atoms with Crippen molar-refractivity contribution in [3.8, 4) is 0 Å².